The zero-order valence-corrected chi connectivity index (χ0v) is 25.6. The summed E-state index contributed by atoms with van der Waals surface area (Å²) in [5.74, 6) is 0. The molecule has 5 rings (SSSR count). The molecule has 3 aromatic carbocycles. The van der Waals surface area contributed by atoms with Gasteiger partial charge < -0.3 is 9.80 Å². The highest BCUT2D eigenvalue weighted by Crippen LogP contribution is 2.31. The Kier molecular flexibility index (Phi) is 8.56. The summed E-state index contributed by atoms with van der Waals surface area (Å²) < 4.78 is 29.8. The SMILES string of the molecule is Cc1cc(C)c(S(=O)(=O)N2CCN(c3ccccc3C#N)C[C@@H]2C)cc1CN1CCN(c2ccccc2C#N)C[C@@H]1C. The third-order valence-electron chi connectivity index (χ3n) is 8.66. The average molecular weight is 583 g/mol. The molecular formula is C33H38N6O2S. The highest BCUT2D eigenvalue weighted by molar-refractivity contribution is 7.89. The van der Waals surface area contributed by atoms with E-state index in [0.717, 1.165) is 47.7 Å². The number of hydrogen-bond donors (Lipinski definition) is 0. The Bertz CT molecular complexity index is 1660. The van der Waals surface area contributed by atoms with Crippen LogP contribution in [-0.2, 0) is 16.6 Å². The van der Waals surface area contributed by atoms with Gasteiger partial charge in [0.15, 0.2) is 0 Å². The van der Waals surface area contributed by atoms with Gasteiger partial charge in [-0.3, -0.25) is 4.90 Å². The van der Waals surface area contributed by atoms with Gasteiger partial charge in [-0.25, -0.2) is 8.42 Å². The normalized spacial score (nSPS) is 20.2. The summed E-state index contributed by atoms with van der Waals surface area (Å²) in [5, 5.41) is 19.1. The van der Waals surface area contributed by atoms with Crippen LogP contribution >= 0.6 is 0 Å². The molecule has 2 aliphatic rings. The van der Waals surface area contributed by atoms with Crippen molar-refractivity contribution in [1.29, 1.82) is 10.5 Å². The number of piperazine rings is 2. The number of anilines is 2. The zero-order valence-electron chi connectivity index (χ0n) is 24.8. The molecule has 2 atom stereocenters. The maximum Gasteiger partial charge on any atom is 0.243 e. The lowest BCUT2D eigenvalue weighted by atomic mass is 10.0. The molecule has 8 nitrogen and oxygen atoms in total. The fourth-order valence-corrected chi connectivity index (χ4v) is 8.19. The average Bonchev–Trinajstić information content (AvgIpc) is 2.98. The minimum Gasteiger partial charge on any atom is -0.368 e. The molecule has 0 bridgehead atoms. The lowest BCUT2D eigenvalue weighted by Gasteiger charge is -2.42. The number of hydrogen-bond acceptors (Lipinski definition) is 7. The quantitative estimate of drug-likeness (QED) is 0.417. The van der Waals surface area contributed by atoms with Crippen LogP contribution in [-0.4, -0.2) is 69.0 Å². The molecule has 0 unspecified atom stereocenters. The van der Waals surface area contributed by atoms with Crippen LogP contribution in [0.4, 0.5) is 11.4 Å². The number of benzene rings is 3. The predicted octanol–water partition coefficient (Wildman–Crippen LogP) is 4.66. The van der Waals surface area contributed by atoms with Crippen LogP contribution in [0.3, 0.4) is 0 Å². The highest BCUT2D eigenvalue weighted by atomic mass is 32.2. The van der Waals surface area contributed by atoms with E-state index in [1.165, 1.54) is 0 Å². The van der Waals surface area contributed by atoms with Crippen molar-refractivity contribution in [3.63, 3.8) is 0 Å². The molecule has 0 N–H and O–H groups in total. The molecule has 2 fully saturated rings. The van der Waals surface area contributed by atoms with Gasteiger partial charge >= 0.3 is 0 Å². The molecule has 9 heteroatoms. The van der Waals surface area contributed by atoms with Crippen LogP contribution in [0.15, 0.2) is 65.6 Å². The lowest BCUT2D eigenvalue weighted by Crippen LogP contribution is -2.54. The zero-order chi connectivity index (χ0) is 30.0. The summed E-state index contributed by atoms with van der Waals surface area (Å²) >= 11 is 0. The summed E-state index contributed by atoms with van der Waals surface area (Å²) in [6.07, 6.45) is 0. The van der Waals surface area contributed by atoms with Crippen LogP contribution in [0.1, 0.15) is 41.7 Å². The number of para-hydroxylation sites is 2. The first-order chi connectivity index (χ1) is 20.1. The Morgan fingerprint density at radius 2 is 1.31 bits per heavy atom. The van der Waals surface area contributed by atoms with Crippen molar-refractivity contribution in [2.75, 3.05) is 49.1 Å². The molecule has 3 aromatic rings. The van der Waals surface area contributed by atoms with Crippen LogP contribution < -0.4 is 9.80 Å². The second-order valence-corrected chi connectivity index (χ2v) is 13.3. The minimum absolute atomic E-state index is 0.232. The molecule has 218 valence electrons. The Labute approximate surface area is 250 Å². The van der Waals surface area contributed by atoms with E-state index >= 15 is 0 Å². The maximum atomic E-state index is 14.1. The fourth-order valence-electron chi connectivity index (χ4n) is 6.32. The number of nitriles is 2. The van der Waals surface area contributed by atoms with Crippen molar-refractivity contribution in [2.45, 2.75) is 51.2 Å². The van der Waals surface area contributed by atoms with Crippen LogP contribution in [0, 0.1) is 36.5 Å². The van der Waals surface area contributed by atoms with Crippen molar-refractivity contribution >= 4 is 21.4 Å². The molecule has 0 aliphatic carbocycles. The van der Waals surface area contributed by atoms with E-state index in [9.17, 15) is 18.9 Å². The first kappa shape index (κ1) is 29.6. The third-order valence-corrected chi connectivity index (χ3v) is 10.8. The second-order valence-electron chi connectivity index (χ2n) is 11.5. The molecule has 0 radical (unpaired) electrons. The van der Waals surface area contributed by atoms with E-state index in [0.29, 0.717) is 42.2 Å². The van der Waals surface area contributed by atoms with E-state index in [2.05, 4.69) is 40.7 Å². The van der Waals surface area contributed by atoms with Gasteiger partial charge in [0.25, 0.3) is 0 Å². The lowest BCUT2D eigenvalue weighted by molar-refractivity contribution is 0.180. The summed E-state index contributed by atoms with van der Waals surface area (Å²) in [4.78, 5) is 7.15. The molecule has 2 saturated heterocycles. The summed E-state index contributed by atoms with van der Waals surface area (Å²) in [7, 11) is -3.73. The molecule has 0 amide bonds. The van der Waals surface area contributed by atoms with Crippen molar-refractivity contribution in [2.24, 2.45) is 0 Å². The molecule has 2 heterocycles. The van der Waals surface area contributed by atoms with Crippen molar-refractivity contribution in [1.82, 2.24) is 9.21 Å². The Hall–Kier alpha value is -3.89. The van der Waals surface area contributed by atoms with Crippen LogP contribution in [0.25, 0.3) is 0 Å². The molecule has 0 aromatic heterocycles. The molecule has 0 saturated carbocycles. The Morgan fingerprint density at radius 1 is 0.762 bits per heavy atom. The van der Waals surface area contributed by atoms with E-state index in [1.807, 2.05) is 68.4 Å². The van der Waals surface area contributed by atoms with Gasteiger partial charge in [0, 0.05) is 57.9 Å². The molecular weight excluding hydrogens is 544 g/mol. The molecule has 42 heavy (non-hydrogen) atoms. The smallest absolute Gasteiger partial charge is 0.243 e. The van der Waals surface area contributed by atoms with Gasteiger partial charge in [-0.2, -0.15) is 14.8 Å². The Morgan fingerprint density at radius 3 is 1.86 bits per heavy atom. The summed E-state index contributed by atoms with van der Waals surface area (Å²) in [6.45, 7) is 12.5. The fraction of sp³-hybridized carbons (Fsp3) is 0.394. The number of sulfonamides is 1. The summed E-state index contributed by atoms with van der Waals surface area (Å²) in [6, 6.07) is 23.6. The van der Waals surface area contributed by atoms with Gasteiger partial charge in [-0.1, -0.05) is 30.3 Å². The van der Waals surface area contributed by atoms with E-state index < -0.39 is 10.0 Å². The number of nitrogens with zero attached hydrogens (tertiary/aromatic N) is 6. The Balaban J connectivity index is 1.32. The van der Waals surface area contributed by atoms with Crippen LogP contribution in [0.5, 0.6) is 0 Å². The van der Waals surface area contributed by atoms with Gasteiger partial charge in [0.1, 0.15) is 12.1 Å². The maximum absolute atomic E-state index is 14.1. The van der Waals surface area contributed by atoms with E-state index in [-0.39, 0.29) is 12.1 Å². The third kappa shape index (κ3) is 5.73. The summed E-state index contributed by atoms with van der Waals surface area (Å²) in [5.41, 5.74) is 5.97. The van der Waals surface area contributed by atoms with Gasteiger partial charge in [-0.05, 0) is 74.7 Å². The van der Waals surface area contributed by atoms with E-state index in [1.54, 1.807) is 10.4 Å². The van der Waals surface area contributed by atoms with Crippen molar-refractivity contribution < 1.29 is 8.42 Å². The monoisotopic (exact) mass is 582 g/mol. The van der Waals surface area contributed by atoms with Crippen molar-refractivity contribution in [3.05, 3.63) is 88.5 Å². The van der Waals surface area contributed by atoms with Crippen molar-refractivity contribution in [3.8, 4) is 12.1 Å². The molecule has 2 aliphatic heterocycles. The number of rotatable bonds is 6. The first-order valence-corrected chi connectivity index (χ1v) is 15.9. The minimum atomic E-state index is -3.73. The van der Waals surface area contributed by atoms with Gasteiger partial charge in [-0.15, -0.1) is 0 Å². The highest BCUT2D eigenvalue weighted by Gasteiger charge is 2.36. The van der Waals surface area contributed by atoms with E-state index in [4.69, 9.17) is 0 Å². The largest absolute Gasteiger partial charge is 0.368 e. The number of aryl methyl sites for hydroxylation is 2. The molecule has 0 spiro atoms. The second kappa shape index (κ2) is 12.1. The first-order valence-electron chi connectivity index (χ1n) is 14.5. The topological polar surface area (TPSA) is 94.7 Å². The standard InChI is InChI=1S/C33H38N6O2S/c1-24-17-25(2)33(42(40,41)39-16-15-38(22-27(39)4)32-12-8-6-10-29(32)20-35)18-30(24)23-36-13-14-37(21-26(36)3)31-11-7-5-9-28(31)19-34/h5-12,17-18,26-27H,13-16,21-23H2,1-4H3/t26-,27-/m0/s1. The van der Waals surface area contributed by atoms with Crippen LogP contribution in [0.2, 0.25) is 0 Å². The van der Waals surface area contributed by atoms with Gasteiger partial charge in [0.05, 0.1) is 27.4 Å². The van der Waals surface area contributed by atoms with Gasteiger partial charge in [0.2, 0.25) is 10.0 Å². The predicted molar refractivity (Wildman–Crippen MR) is 166 cm³/mol.